The zero-order valence-electron chi connectivity index (χ0n) is 16.6. The molecule has 2 aromatic heterocycles. The number of aryl methyl sites for hydroxylation is 1. The Morgan fingerprint density at radius 1 is 0.897 bits per heavy atom. The first kappa shape index (κ1) is 20.0. The van der Waals surface area contributed by atoms with Crippen molar-refractivity contribution in [2.45, 2.75) is 42.0 Å². The van der Waals surface area contributed by atoms with Crippen LogP contribution in [0.25, 0.3) is 11.0 Å². The van der Waals surface area contributed by atoms with E-state index in [1.807, 2.05) is 36.2 Å². The largest absolute Gasteiger partial charge is 0.333 e. The third-order valence-corrected chi connectivity index (χ3v) is 7.06. The topological polar surface area (TPSA) is 41.6 Å². The first-order valence-corrected chi connectivity index (χ1v) is 12.0. The van der Waals surface area contributed by atoms with Crippen molar-refractivity contribution in [1.82, 2.24) is 15.0 Å². The van der Waals surface area contributed by atoms with E-state index in [9.17, 15) is 0 Å². The number of fused-ring (bicyclic) bond motifs is 1. The number of unbranched alkanes of at least 4 members (excludes halogenated alkanes) is 1. The number of nitrogens with one attached hydrogen (secondary N) is 1. The fraction of sp³-hybridized carbons (Fsp3) is 0.250. The number of thioether (sulfide) groups is 2. The number of pyridine rings is 1. The lowest BCUT2D eigenvalue weighted by atomic mass is 10.1. The van der Waals surface area contributed by atoms with Gasteiger partial charge in [0.1, 0.15) is 0 Å². The van der Waals surface area contributed by atoms with Crippen LogP contribution in [0.3, 0.4) is 0 Å². The molecule has 0 saturated carbocycles. The van der Waals surface area contributed by atoms with E-state index in [1.54, 1.807) is 11.8 Å². The molecule has 4 aromatic rings. The van der Waals surface area contributed by atoms with Gasteiger partial charge in [-0.05, 0) is 61.3 Å². The van der Waals surface area contributed by atoms with Gasteiger partial charge in [0, 0.05) is 16.8 Å². The molecule has 0 amide bonds. The molecule has 3 nitrogen and oxygen atoms in total. The molecule has 0 spiro atoms. The van der Waals surface area contributed by atoms with Crippen LogP contribution in [0.15, 0.2) is 76.9 Å². The molecule has 29 heavy (non-hydrogen) atoms. The second kappa shape index (κ2) is 9.99. The van der Waals surface area contributed by atoms with E-state index in [2.05, 4.69) is 64.3 Å². The van der Waals surface area contributed by atoms with Gasteiger partial charge in [0.05, 0.1) is 16.7 Å². The van der Waals surface area contributed by atoms with Gasteiger partial charge < -0.3 is 4.98 Å². The molecule has 0 atom stereocenters. The van der Waals surface area contributed by atoms with Crippen LogP contribution in [0.4, 0.5) is 0 Å². The van der Waals surface area contributed by atoms with Gasteiger partial charge in [0.25, 0.3) is 0 Å². The Balaban J connectivity index is 1.28. The average Bonchev–Trinajstić information content (AvgIpc) is 3.17. The molecule has 4 rings (SSSR count). The highest BCUT2D eigenvalue weighted by Gasteiger charge is 2.09. The van der Waals surface area contributed by atoms with Crippen molar-refractivity contribution in [1.29, 1.82) is 0 Å². The van der Waals surface area contributed by atoms with Crippen molar-refractivity contribution >= 4 is 34.6 Å². The second-order valence-corrected chi connectivity index (χ2v) is 9.12. The van der Waals surface area contributed by atoms with Crippen LogP contribution in [-0.2, 0) is 12.2 Å². The third kappa shape index (κ3) is 5.43. The zero-order valence-corrected chi connectivity index (χ0v) is 18.2. The monoisotopic (exact) mass is 419 g/mol. The van der Waals surface area contributed by atoms with Crippen LogP contribution in [0.2, 0.25) is 0 Å². The third-order valence-electron chi connectivity index (χ3n) is 4.93. The first-order chi connectivity index (χ1) is 14.3. The van der Waals surface area contributed by atoms with E-state index < -0.39 is 0 Å². The van der Waals surface area contributed by atoms with Crippen molar-refractivity contribution < 1.29 is 0 Å². The standard InChI is InChI=1S/C24H25N3S2/c1-18-22(17-29-24-26-20-12-5-6-13-21(20)27-24)25-15-14-23(18)28-16-8-7-11-19-9-3-2-4-10-19/h2-6,9-10,12-15H,7-8,11,16-17H2,1H3,(H,26,27). The molecule has 0 radical (unpaired) electrons. The Morgan fingerprint density at radius 3 is 2.59 bits per heavy atom. The fourth-order valence-corrected chi connectivity index (χ4v) is 5.22. The summed E-state index contributed by atoms with van der Waals surface area (Å²) in [4.78, 5) is 14.0. The summed E-state index contributed by atoms with van der Waals surface area (Å²) in [6.07, 6.45) is 5.56. The molecule has 0 unspecified atom stereocenters. The number of para-hydroxylation sites is 2. The summed E-state index contributed by atoms with van der Waals surface area (Å²) in [5, 5.41) is 0.950. The van der Waals surface area contributed by atoms with Crippen molar-refractivity contribution in [3.05, 3.63) is 83.7 Å². The van der Waals surface area contributed by atoms with Gasteiger partial charge in [-0.25, -0.2) is 4.98 Å². The normalized spacial score (nSPS) is 11.2. The maximum atomic E-state index is 4.65. The molecule has 0 fully saturated rings. The summed E-state index contributed by atoms with van der Waals surface area (Å²) in [6.45, 7) is 2.19. The lowest BCUT2D eigenvalue weighted by Crippen LogP contribution is -1.95. The molecule has 148 valence electrons. The summed E-state index contributed by atoms with van der Waals surface area (Å²) >= 11 is 3.66. The number of benzene rings is 2. The van der Waals surface area contributed by atoms with E-state index in [1.165, 1.54) is 28.9 Å². The number of aromatic amines is 1. The number of hydrogen-bond donors (Lipinski definition) is 1. The molecular weight excluding hydrogens is 394 g/mol. The van der Waals surface area contributed by atoms with Gasteiger partial charge in [0.2, 0.25) is 0 Å². The van der Waals surface area contributed by atoms with E-state index >= 15 is 0 Å². The lowest BCUT2D eigenvalue weighted by molar-refractivity contribution is 0.802. The zero-order chi connectivity index (χ0) is 19.9. The second-order valence-electron chi connectivity index (χ2n) is 7.02. The first-order valence-electron chi connectivity index (χ1n) is 9.98. The Kier molecular flexibility index (Phi) is 6.91. The van der Waals surface area contributed by atoms with Crippen molar-refractivity contribution in [2.75, 3.05) is 5.75 Å². The molecule has 2 aromatic carbocycles. The maximum Gasteiger partial charge on any atom is 0.166 e. The van der Waals surface area contributed by atoms with Crippen LogP contribution in [0.5, 0.6) is 0 Å². The van der Waals surface area contributed by atoms with E-state index in [-0.39, 0.29) is 0 Å². The van der Waals surface area contributed by atoms with Crippen LogP contribution < -0.4 is 0 Å². The van der Waals surface area contributed by atoms with E-state index in [4.69, 9.17) is 0 Å². The predicted octanol–water partition coefficient (Wildman–Crippen LogP) is 6.67. The molecule has 0 saturated heterocycles. The van der Waals surface area contributed by atoms with Gasteiger partial charge in [0.15, 0.2) is 5.16 Å². The average molecular weight is 420 g/mol. The Hall–Kier alpha value is -2.24. The van der Waals surface area contributed by atoms with Gasteiger partial charge in [-0.2, -0.15) is 0 Å². The SMILES string of the molecule is Cc1c(SCCCCc2ccccc2)ccnc1CSc1nc2ccccc2[nH]1. The number of H-pyrrole nitrogens is 1. The van der Waals surface area contributed by atoms with Crippen molar-refractivity contribution in [2.24, 2.45) is 0 Å². The highest BCUT2D eigenvalue weighted by atomic mass is 32.2. The predicted molar refractivity (Wildman–Crippen MR) is 125 cm³/mol. The molecule has 2 heterocycles. The number of hydrogen-bond acceptors (Lipinski definition) is 4. The summed E-state index contributed by atoms with van der Waals surface area (Å²) in [5.74, 6) is 1.97. The van der Waals surface area contributed by atoms with Crippen LogP contribution >= 0.6 is 23.5 Å². The molecule has 1 N–H and O–H groups in total. The van der Waals surface area contributed by atoms with E-state index in [0.717, 1.165) is 39.8 Å². The highest BCUT2D eigenvalue weighted by molar-refractivity contribution is 7.99. The Morgan fingerprint density at radius 2 is 1.72 bits per heavy atom. The quantitative estimate of drug-likeness (QED) is 0.243. The molecular formula is C24H25N3S2. The van der Waals surface area contributed by atoms with Crippen LogP contribution in [0, 0.1) is 6.92 Å². The van der Waals surface area contributed by atoms with E-state index in [0.29, 0.717) is 0 Å². The van der Waals surface area contributed by atoms with Crippen molar-refractivity contribution in [3.63, 3.8) is 0 Å². The minimum atomic E-state index is 0.827. The van der Waals surface area contributed by atoms with Gasteiger partial charge >= 0.3 is 0 Å². The minimum absolute atomic E-state index is 0.827. The number of nitrogens with zero attached hydrogens (tertiary/aromatic N) is 2. The van der Waals surface area contributed by atoms with Crippen LogP contribution in [-0.4, -0.2) is 20.7 Å². The summed E-state index contributed by atoms with van der Waals surface area (Å²) < 4.78 is 0. The minimum Gasteiger partial charge on any atom is -0.333 e. The molecule has 5 heteroatoms. The van der Waals surface area contributed by atoms with Gasteiger partial charge in [-0.1, -0.05) is 54.2 Å². The van der Waals surface area contributed by atoms with Gasteiger partial charge in [-0.3, -0.25) is 4.98 Å². The number of aromatic nitrogens is 3. The molecule has 0 aliphatic carbocycles. The summed E-state index contributed by atoms with van der Waals surface area (Å²) in [6, 6.07) is 21.0. The summed E-state index contributed by atoms with van der Waals surface area (Å²) in [5.41, 5.74) is 5.97. The van der Waals surface area contributed by atoms with Gasteiger partial charge in [-0.15, -0.1) is 11.8 Å². The molecule has 0 bridgehead atoms. The molecule has 0 aliphatic rings. The smallest absolute Gasteiger partial charge is 0.166 e. The highest BCUT2D eigenvalue weighted by Crippen LogP contribution is 2.29. The Bertz CT molecular complexity index is 1030. The molecule has 0 aliphatic heterocycles. The number of imidazole rings is 1. The Labute approximate surface area is 180 Å². The number of rotatable bonds is 9. The fourth-order valence-electron chi connectivity index (χ4n) is 3.25. The van der Waals surface area contributed by atoms with Crippen LogP contribution in [0.1, 0.15) is 29.7 Å². The van der Waals surface area contributed by atoms with Crippen molar-refractivity contribution in [3.8, 4) is 0 Å². The maximum absolute atomic E-state index is 4.65. The lowest BCUT2D eigenvalue weighted by Gasteiger charge is -2.09. The summed E-state index contributed by atoms with van der Waals surface area (Å²) in [7, 11) is 0.